The predicted molar refractivity (Wildman–Crippen MR) is 72.1 cm³/mol. The smallest absolute Gasteiger partial charge is 0.164 e. The average Bonchev–Trinajstić information content (AvgIpc) is 2.40. The standard InChI is InChI=1S/C15H21NO2/c1-12-3-4-14(11-13(12)2)15(17)5-6-16-7-9-18-10-8-16/h3-4,11H,5-10H2,1-2H3. The normalized spacial score (nSPS) is 16.8. The molecule has 3 nitrogen and oxygen atoms in total. The molecule has 0 aromatic heterocycles. The lowest BCUT2D eigenvalue weighted by atomic mass is 10.0. The Labute approximate surface area is 109 Å². The van der Waals surface area contributed by atoms with Gasteiger partial charge < -0.3 is 4.74 Å². The van der Waals surface area contributed by atoms with Crippen molar-refractivity contribution in [2.24, 2.45) is 0 Å². The number of hydrogen-bond acceptors (Lipinski definition) is 3. The Bertz CT molecular complexity index is 423. The van der Waals surface area contributed by atoms with Crippen LogP contribution in [0.2, 0.25) is 0 Å². The van der Waals surface area contributed by atoms with Gasteiger partial charge in [-0.25, -0.2) is 0 Å². The molecule has 18 heavy (non-hydrogen) atoms. The van der Waals surface area contributed by atoms with Crippen LogP contribution >= 0.6 is 0 Å². The van der Waals surface area contributed by atoms with Gasteiger partial charge in [0.2, 0.25) is 0 Å². The highest BCUT2D eigenvalue weighted by Gasteiger charge is 2.13. The summed E-state index contributed by atoms with van der Waals surface area (Å²) in [5.74, 6) is 0.240. The molecule has 0 atom stereocenters. The molecule has 1 aromatic carbocycles. The molecule has 2 rings (SSSR count). The van der Waals surface area contributed by atoms with Crippen molar-refractivity contribution in [1.29, 1.82) is 0 Å². The number of benzene rings is 1. The number of hydrogen-bond donors (Lipinski definition) is 0. The molecule has 0 spiro atoms. The Kier molecular flexibility index (Phi) is 4.50. The largest absolute Gasteiger partial charge is 0.379 e. The third-order valence-electron chi connectivity index (χ3n) is 3.59. The summed E-state index contributed by atoms with van der Waals surface area (Å²) in [6.07, 6.45) is 0.600. The Balaban J connectivity index is 1.88. The van der Waals surface area contributed by atoms with Crippen LogP contribution in [0.15, 0.2) is 18.2 Å². The van der Waals surface area contributed by atoms with E-state index in [0.29, 0.717) is 6.42 Å². The van der Waals surface area contributed by atoms with Crippen molar-refractivity contribution in [3.63, 3.8) is 0 Å². The van der Waals surface area contributed by atoms with Gasteiger partial charge in [-0.05, 0) is 31.0 Å². The first-order chi connectivity index (χ1) is 8.66. The van der Waals surface area contributed by atoms with E-state index in [1.165, 1.54) is 11.1 Å². The fourth-order valence-corrected chi connectivity index (χ4v) is 2.14. The number of rotatable bonds is 4. The molecular formula is C15H21NO2. The lowest BCUT2D eigenvalue weighted by Crippen LogP contribution is -2.37. The first-order valence-corrected chi connectivity index (χ1v) is 6.57. The third-order valence-corrected chi connectivity index (χ3v) is 3.59. The highest BCUT2D eigenvalue weighted by molar-refractivity contribution is 5.96. The van der Waals surface area contributed by atoms with Crippen LogP contribution in [0.1, 0.15) is 27.9 Å². The van der Waals surface area contributed by atoms with Crippen LogP contribution in [0.4, 0.5) is 0 Å². The summed E-state index contributed by atoms with van der Waals surface area (Å²) in [4.78, 5) is 14.4. The Morgan fingerprint density at radius 1 is 1.22 bits per heavy atom. The van der Waals surface area contributed by atoms with Crippen molar-refractivity contribution in [2.45, 2.75) is 20.3 Å². The maximum absolute atomic E-state index is 12.1. The fraction of sp³-hybridized carbons (Fsp3) is 0.533. The van der Waals surface area contributed by atoms with E-state index in [9.17, 15) is 4.79 Å². The van der Waals surface area contributed by atoms with Crippen molar-refractivity contribution in [3.8, 4) is 0 Å². The summed E-state index contributed by atoms with van der Waals surface area (Å²) in [5, 5.41) is 0. The van der Waals surface area contributed by atoms with Crippen LogP contribution in [-0.4, -0.2) is 43.5 Å². The van der Waals surface area contributed by atoms with Gasteiger partial charge in [-0.3, -0.25) is 9.69 Å². The fourth-order valence-electron chi connectivity index (χ4n) is 2.14. The summed E-state index contributed by atoms with van der Waals surface area (Å²) in [6.45, 7) is 8.43. The van der Waals surface area contributed by atoms with Gasteiger partial charge in [0.25, 0.3) is 0 Å². The number of aryl methyl sites for hydroxylation is 2. The van der Waals surface area contributed by atoms with Crippen molar-refractivity contribution in [1.82, 2.24) is 4.90 Å². The molecule has 0 unspecified atom stereocenters. The lowest BCUT2D eigenvalue weighted by Gasteiger charge is -2.26. The van der Waals surface area contributed by atoms with E-state index >= 15 is 0 Å². The first kappa shape index (κ1) is 13.2. The summed E-state index contributed by atoms with van der Waals surface area (Å²) in [5.41, 5.74) is 3.26. The highest BCUT2D eigenvalue weighted by atomic mass is 16.5. The second-order valence-corrected chi connectivity index (χ2v) is 4.93. The van der Waals surface area contributed by atoms with E-state index in [2.05, 4.69) is 11.8 Å². The third kappa shape index (κ3) is 3.40. The van der Waals surface area contributed by atoms with E-state index in [-0.39, 0.29) is 5.78 Å². The summed E-state index contributed by atoms with van der Waals surface area (Å²) in [7, 11) is 0. The van der Waals surface area contributed by atoms with Gasteiger partial charge in [0.15, 0.2) is 5.78 Å². The summed E-state index contributed by atoms with van der Waals surface area (Å²) in [6, 6.07) is 5.96. The van der Waals surface area contributed by atoms with Crippen molar-refractivity contribution in [3.05, 3.63) is 34.9 Å². The van der Waals surface area contributed by atoms with E-state index in [4.69, 9.17) is 4.74 Å². The Morgan fingerprint density at radius 3 is 2.61 bits per heavy atom. The van der Waals surface area contributed by atoms with E-state index in [0.717, 1.165) is 38.4 Å². The summed E-state index contributed by atoms with van der Waals surface area (Å²) < 4.78 is 5.29. The van der Waals surface area contributed by atoms with E-state index in [1.54, 1.807) is 0 Å². The van der Waals surface area contributed by atoms with Gasteiger partial charge >= 0.3 is 0 Å². The number of Topliss-reactive ketones (excluding diaryl/α,β-unsaturated/α-hetero) is 1. The number of morpholine rings is 1. The molecule has 0 bridgehead atoms. The quantitative estimate of drug-likeness (QED) is 0.764. The minimum atomic E-state index is 0.240. The molecule has 1 aromatic rings. The molecule has 1 saturated heterocycles. The second-order valence-electron chi connectivity index (χ2n) is 4.93. The topological polar surface area (TPSA) is 29.5 Å². The molecule has 1 fully saturated rings. The average molecular weight is 247 g/mol. The molecule has 0 aliphatic carbocycles. The SMILES string of the molecule is Cc1ccc(C(=O)CCN2CCOCC2)cc1C. The van der Waals surface area contributed by atoms with Crippen molar-refractivity contribution >= 4 is 5.78 Å². The number of carbonyl (C=O) groups excluding carboxylic acids is 1. The zero-order valence-corrected chi connectivity index (χ0v) is 11.2. The minimum absolute atomic E-state index is 0.240. The molecule has 0 saturated carbocycles. The summed E-state index contributed by atoms with van der Waals surface area (Å²) >= 11 is 0. The highest BCUT2D eigenvalue weighted by Crippen LogP contribution is 2.12. The van der Waals surface area contributed by atoms with Gasteiger partial charge in [-0.2, -0.15) is 0 Å². The molecule has 1 aliphatic heterocycles. The zero-order chi connectivity index (χ0) is 13.0. The van der Waals surface area contributed by atoms with Crippen LogP contribution < -0.4 is 0 Å². The van der Waals surface area contributed by atoms with Gasteiger partial charge in [0.05, 0.1) is 13.2 Å². The monoisotopic (exact) mass is 247 g/mol. The van der Waals surface area contributed by atoms with E-state index < -0.39 is 0 Å². The maximum atomic E-state index is 12.1. The number of ether oxygens (including phenoxy) is 1. The number of ketones is 1. The van der Waals surface area contributed by atoms with Crippen molar-refractivity contribution < 1.29 is 9.53 Å². The molecule has 1 aliphatic rings. The first-order valence-electron chi connectivity index (χ1n) is 6.57. The lowest BCUT2D eigenvalue weighted by molar-refractivity contribution is 0.0370. The molecule has 0 N–H and O–H groups in total. The zero-order valence-electron chi connectivity index (χ0n) is 11.2. The molecule has 0 amide bonds. The van der Waals surface area contributed by atoms with Gasteiger partial charge in [-0.1, -0.05) is 12.1 Å². The minimum Gasteiger partial charge on any atom is -0.379 e. The van der Waals surface area contributed by atoms with Gasteiger partial charge in [0.1, 0.15) is 0 Å². The van der Waals surface area contributed by atoms with E-state index in [1.807, 2.05) is 25.1 Å². The Morgan fingerprint density at radius 2 is 1.94 bits per heavy atom. The molecule has 98 valence electrons. The van der Waals surface area contributed by atoms with Crippen LogP contribution in [-0.2, 0) is 4.74 Å². The molecular weight excluding hydrogens is 226 g/mol. The molecule has 0 radical (unpaired) electrons. The van der Waals surface area contributed by atoms with Gasteiger partial charge in [-0.15, -0.1) is 0 Å². The predicted octanol–water partition coefficient (Wildman–Crippen LogP) is 2.21. The second kappa shape index (κ2) is 6.12. The molecule has 3 heteroatoms. The Hall–Kier alpha value is -1.19. The molecule has 1 heterocycles. The van der Waals surface area contributed by atoms with Gasteiger partial charge in [0, 0.05) is 31.6 Å². The van der Waals surface area contributed by atoms with Crippen LogP contribution in [0.5, 0.6) is 0 Å². The number of carbonyl (C=O) groups is 1. The van der Waals surface area contributed by atoms with Crippen LogP contribution in [0, 0.1) is 13.8 Å². The van der Waals surface area contributed by atoms with Crippen molar-refractivity contribution in [2.75, 3.05) is 32.8 Å². The maximum Gasteiger partial charge on any atom is 0.164 e. The van der Waals surface area contributed by atoms with Crippen LogP contribution in [0.25, 0.3) is 0 Å². The number of nitrogens with zero attached hydrogens (tertiary/aromatic N) is 1. The van der Waals surface area contributed by atoms with Crippen LogP contribution in [0.3, 0.4) is 0 Å².